The van der Waals surface area contributed by atoms with Crippen molar-refractivity contribution in [1.29, 1.82) is 0 Å². The van der Waals surface area contributed by atoms with Gasteiger partial charge in [-0.3, -0.25) is 0 Å². The number of hydrogen-bond acceptors (Lipinski definition) is 4. The van der Waals surface area contributed by atoms with Crippen LogP contribution in [0.15, 0.2) is 16.7 Å². The first kappa shape index (κ1) is 12.3. The van der Waals surface area contributed by atoms with Gasteiger partial charge in [-0.15, -0.1) is 0 Å². The van der Waals surface area contributed by atoms with E-state index in [1.807, 2.05) is 0 Å². The lowest BCUT2D eigenvalue weighted by molar-refractivity contribution is 0.0686. The first-order valence-corrected chi connectivity index (χ1v) is 4.86. The number of aromatic hydroxyl groups is 1. The second kappa shape index (κ2) is 4.26. The van der Waals surface area contributed by atoms with Crippen molar-refractivity contribution in [2.24, 2.45) is 0 Å². The molecule has 1 aromatic carbocycles. The molecule has 0 fully saturated rings. The lowest BCUT2D eigenvalue weighted by atomic mass is 10.1. The van der Waals surface area contributed by atoms with Gasteiger partial charge in [-0.05, 0) is 6.07 Å². The Hall–Kier alpha value is -2.15. The van der Waals surface area contributed by atoms with E-state index >= 15 is 0 Å². The minimum atomic E-state index is -1.41. The van der Waals surface area contributed by atoms with Crippen molar-refractivity contribution in [2.75, 3.05) is 0 Å². The Balaban J connectivity index is 2.66. The van der Waals surface area contributed by atoms with Crippen molar-refractivity contribution < 1.29 is 28.3 Å². The molecule has 0 saturated heterocycles. The maximum Gasteiger partial charge on any atom is 0.358 e. The van der Waals surface area contributed by atoms with E-state index in [2.05, 4.69) is 9.68 Å². The van der Waals surface area contributed by atoms with E-state index < -0.39 is 45.4 Å². The van der Waals surface area contributed by atoms with Crippen molar-refractivity contribution in [3.63, 3.8) is 0 Å². The molecule has 8 heteroatoms. The van der Waals surface area contributed by atoms with E-state index in [1.54, 1.807) is 0 Å². The number of carboxylic acids is 1. The molecule has 0 amide bonds. The zero-order chi connectivity index (χ0) is 13.4. The molecule has 0 unspecified atom stereocenters. The number of phenols is 1. The van der Waals surface area contributed by atoms with Crippen LogP contribution in [0.25, 0.3) is 11.3 Å². The minimum absolute atomic E-state index is 0.433. The van der Waals surface area contributed by atoms with Gasteiger partial charge in [0.1, 0.15) is 11.3 Å². The molecule has 0 spiro atoms. The maximum atomic E-state index is 13.5. The van der Waals surface area contributed by atoms with Gasteiger partial charge in [-0.25, -0.2) is 13.6 Å². The monoisotopic (exact) mass is 275 g/mol. The van der Waals surface area contributed by atoms with Crippen LogP contribution in [0.1, 0.15) is 10.5 Å². The molecule has 2 aromatic rings. The van der Waals surface area contributed by atoms with E-state index in [0.29, 0.717) is 6.07 Å². The van der Waals surface area contributed by atoms with Gasteiger partial charge < -0.3 is 14.7 Å². The van der Waals surface area contributed by atoms with Gasteiger partial charge in [0.15, 0.2) is 23.1 Å². The van der Waals surface area contributed by atoms with Crippen LogP contribution in [0.2, 0.25) is 5.02 Å². The van der Waals surface area contributed by atoms with Gasteiger partial charge in [0, 0.05) is 6.07 Å². The van der Waals surface area contributed by atoms with E-state index in [4.69, 9.17) is 16.7 Å². The molecule has 94 valence electrons. The number of aromatic carboxylic acids is 1. The average Bonchev–Trinajstić information content (AvgIpc) is 2.76. The molecule has 0 aliphatic carbocycles. The van der Waals surface area contributed by atoms with Crippen LogP contribution in [0, 0.1) is 11.6 Å². The number of phenolic OH excluding ortho intramolecular Hbond substituents is 1. The largest absolute Gasteiger partial charge is 0.505 e. The summed E-state index contributed by atoms with van der Waals surface area (Å²) in [5.74, 6) is -5.33. The van der Waals surface area contributed by atoms with Gasteiger partial charge in [0.05, 0.1) is 5.02 Å². The topological polar surface area (TPSA) is 83.6 Å². The average molecular weight is 276 g/mol. The first-order valence-electron chi connectivity index (χ1n) is 4.48. The number of rotatable bonds is 2. The molecule has 1 heterocycles. The van der Waals surface area contributed by atoms with Crippen molar-refractivity contribution in [3.05, 3.63) is 34.5 Å². The third-order valence-corrected chi connectivity index (χ3v) is 2.41. The highest BCUT2D eigenvalue weighted by molar-refractivity contribution is 6.32. The molecule has 0 bridgehead atoms. The lowest BCUT2D eigenvalue weighted by Crippen LogP contribution is -1.94. The molecule has 0 atom stereocenters. The summed E-state index contributed by atoms with van der Waals surface area (Å²) >= 11 is 5.48. The van der Waals surface area contributed by atoms with E-state index in [9.17, 15) is 18.7 Å². The molecular weight excluding hydrogens is 272 g/mol. The van der Waals surface area contributed by atoms with Gasteiger partial charge in [0.2, 0.25) is 0 Å². The van der Waals surface area contributed by atoms with Crippen LogP contribution in [-0.4, -0.2) is 21.3 Å². The fraction of sp³-hybridized carbons (Fsp3) is 0. The second-order valence-corrected chi connectivity index (χ2v) is 3.67. The van der Waals surface area contributed by atoms with Crippen LogP contribution in [0.5, 0.6) is 5.75 Å². The summed E-state index contributed by atoms with van der Waals surface area (Å²) in [4.78, 5) is 10.6. The Morgan fingerprint density at radius 3 is 2.61 bits per heavy atom. The van der Waals surface area contributed by atoms with E-state index in [-0.39, 0.29) is 0 Å². The zero-order valence-electron chi connectivity index (χ0n) is 8.45. The van der Waals surface area contributed by atoms with Crippen molar-refractivity contribution >= 4 is 17.6 Å². The maximum absolute atomic E-state index is 13.5. The number of carboxylic acid groups (broad SMARTS) is 1. The Labute approximate surface area is 103 Å². The van der Waals surface area contributed by atoms with Crippen LogP contribution >= 0.6 is 11.6 Å². The highest BCUT2D eigenvalue weighted by Gasteiger charge is 2.23. The molecule has 2 N–H and O–H groups in total. The zero-order valence-corrected chi connectivity index (χ0v) is 9.20. The van der Waals surface area contributed by atoms with Crippen LogP contribution in [-0.2, 0) is 0 Å². The van der Waals surface area contributed by atoms with E-state index in [1.165, 1.54) is 0 Å². The lowest BCUT2D eigenvalue weighted by Gasteiger charge is -2.04. The van der Waals surface area contributed by atoms with Gasteiger partial charge in [-0.1, -0.05) is 16.8 Å². The highest BCUT2D eigenvalue weighted by atomic mass is 35.5. The smallest absolute Gasteiger partial charge is 0.358 e. The van der Waals surface area contributed by atoms with Crippen molar-refractivity contribution in [2.45, 2.75) is 0 Å². The fourth-order valence-corrected chi connectivity index (χ4v) is 1.49. The number of benzene rings is 1. The highest BCUT2D eigenvalue weighted by Crippen LogP contribution is 2.38. The summed E-state index contributed by atoms with van der Waals surface area (Å²) in [6, 6.07) is 1.43. The molecule has 0 aliphatic heterocycles. The second-order valence-electron chi connectivity index (χ2n) is 3.26. The summed E-state index contributed by atoms with van der Waals surface area (Å²) in [7, 11) is 0. The Morgan fingerprint density at radius 1 is 1.39 bits per heavy atom. The number of hydrogen-bond donors (Lipinski definition) is 2. The van der Waals surface area contributed by atoms with Crippen LogP contribution < -0.4 is 0 Å². The first-order chi connectivity index (χ1) is 8.41. The normalized spacial score (nSPS) is 10.6. The van der Waals surface area contributed by atoms with Crippen molar-refractivity contribution in [3.8, 4) is 17.1 Å². The third kappa shape index (κ3) is 1.88. The van der Waals surface area contributed by atoms with Crippen LogP contribution in [0.3, 0.4) is 0 Å². The minimum Gasteiger partial charge on any atom is -0.505 e. The predicted octanol–water partition coefficient (Wildman–Crippen LogP) is 2.68. The molecule has 18 heavy (non-hydrogen) atoms. The molecule has 2 rings (SSSR count). The summed E-state index contributed by atoms with van der Waals surface area (Å²) in [5, 5.41) is 20.8. The summed E-state index contributed by atoms with van der Waals surface area (Å²) in [6.07, 6.45) is 0. The summed E-state index contributed by atoms with van der Waals surface area (Å²) < 4.78 is 31.2. The predicted molar refractivity (Wildman–Crippen MR) is 55.5 cm³/mol. The van der Waals surface area contributed by atoms with E-state index in [0.717, 1.165) is 6.07 Å². The van der Waals surface area contributed by atoms with Gasteiger partial charge >= 0.3 is 5.97 Å². The SMILES string of the molecule is O=C(O)c1cc(-c2c(O)c(Cl)cc(F)c2F)on1. The number of halogens is 3. The summed E-state index contributed by atoms with van der Waals surface area (Å²) in [6.45, 7) is 0. The number of nitrogens with zero attached hydrogens (tertiary/aromatic N) is 1. The molecule has 0 radical (unpaired) electrons. The standard InChI is InChI=1S/C10H4ClF2NO4/c11-3-1-4(12)8(13)7(9(3)15)6-2-5(10(16)17)14-18-6/h1-2,15H,(H,16,17). The Kier molecular flexibility index (Phi) is 2.92. The Bertz CT molecular complexity index is 615. The molecular formula is C10H4ClF2NO4. The fourth-order valence-electron chi connectivity index (χ4n) is 1.30. The van der Waals surface area contributed by atoms with Crippen molar-refractivity contribution in [1.82, 2.24) is 5.16 Å². The molecule has 0 aliphatic rings. The number of aromatic nitrogens is 1. The molecule has 0 saturated carbocycles. The number of carbonyl (C=O) groups is 1. The van der Waals surface area contributed by atoms with Gasteiger partial charge in [-0.2, -0.15) is 0 Å². The van der Waals surface area contributed by atoms with Gasteiger partial charge in [0.25, 0.3) is 0 Å². The quantitative estimate of drug-likeness (QED) is 0.823. The molecule has 5 nitrogen and oxygen atoms in total. The molecule has 1 aromatic heterocycles. The van der Waals surface area contributed by atoms with Crippen LogP contribution in [0.4, 0.5) is 8.78 Å². The third-order valence-electron chi connectivity index (χ3n) is 2.12. The summed E-state index contributed by atoms with van der Waals surface area (Å²) in [5.41, 5.74) is -1.19. The Morgan fingerprint density at radius 2 is 2.06 bits per heavy atom.